The van der Waals surface area contributed by atoms with Gasteiger partial charge in [0.05, 0.1) is 17.8 Å². The van der Waals surface area contributed by atoms with Crippen molar-refractivity contribution in [2.45, 2.75) is 69.7 Å². The molecule has 0 unspecified atom stereocenters. The maximum atomic E-state index is 14.5. The molecule has 1 aliphatic carbocycles. The average Bonchev–Trinajstić information content (AvgIpc) is 3.11. The molecule has 3 aliphatic rings. The number of rotatable bonds is 4. The van der Waals surface area contributed by atoms with Crippen LogP contribution in [0.5, 0.6) is 0 Å². The molecule has 2 saturated heterocycles. The number of hydrogen-bond donors (Lipinski definition) is 3. The minimum absolute atomic E-state index is 0.0268. The van der Waals surface area contributed by atoms with Gasteiger partial charge in [-0.1, -0.05) is 18.9 Å². The quantitative estimate of drug-likeness (QED) is 0.756. The van der Waals surface area contributed by atoms with Gasteiger partial charge < -0.3 is 20.6 Å². The summed E-state index contributed by atoms with van der Waals surface area (Å²) < 4.78 is 14.5. The summed E-state index contributed by atoms with van der Waals surface area (Å²) in [6.45, 7) is 1.69. The molecule has 0 spiro atoms. The molecule has 1 aromatic carbocycles. The second-order valence-corrected chi connectivity index (χ2v) is 8.33. The lowest BCUT2D eigenvalue weighted by Crippen LogP contribution is -2.42. The van der Waals surface area contributed by atoms with E-state index < -0.39 is 0 Å². The first kappa shape index (κ1) is 18.7. The fourth-order valence-electron chi connectivity index (χ4n) is 4.86. The smallest absolute Gasteiger partial charge is 0.237 e. The van der Waals surface area contributed by atoms with E-state index in [0.717, 1.165) is 12.0 Å². The molecule has 0 aromatic heterocycles. The first-order chi connectivity index (χ1) is 13.1. The van der Waals surface area contributed by atoms with Crippen LogP contribution in [0.3, 0.4) is 0 Å². The first-order valence-electron chi connectivity index (χ1n) is 10.4. The summed E-state index contributed by atoms with van der Waals surface area (Å²) in [6, 6.07) is 5.57. The van der Waals surface area contributed by atoms with Crippen LogP contribution in [0.4, 0.5) is 10.1 Å². The van der Waals surface area contributed by atoms with Crippen LogP contribution in [-0.4, -0.2) is 42.3 Å². The summed E-state index contributed by atoms with van der Waals surface area (Å²) >= 11 is 0. The van der Waals surface area contributed by atoms with Gasteiger partial charge in [-0.25, -0.2) is 4.39 Å². The van der Waals surface area contributed by atoms with Crippen molar-refractivity contribution in [3.05, 3.63) is 29.6 Å². The van der Waals surface area contributed by atoms with Crippen molar-refractivity contribution in [3.63, 3.8) is 0 Å². The SMILES string of the molecule is O=C(NCc1ccc(N2CCC(O)CC2)c(F)c1)[C@@H]1C[C@@H]2CCCC[C@@H]2N1. The van der Waals surface area contributed by atoms with Crippen LogP contribution < -0.4 is 15.5 Å². The van der Waals surface area contributed by atoms with Crippen molar-refractivity contribution in [2.75, 3.05) is 18.0 Å². The van der Waals surface area contributed by atoms with Crippen molar-refractivity contribution in [1.29, 1.82) is 0 Å². The molecule has 27 heavy (non-hydrogen) atoms. The average molecular weight is 375 g/mol. The number of nitrogens with one attached hydrogen (secondary N) is 2. The number of aliphatic hydroxyl groups excluding tert-OH is 1. The summed E-state index contributed by atoms with van der Waals surface area (Å²) in [5, 5.41) is 16.1. The molecule has 0 radical (unpaired) electrons. The summed E-state index contributed by atoms with van der Waals surface area (Å²) in [6.07, 6.45) is 6.93. The number of benzene rings is 1. The van der Waals surface area contributed by atoms with Crippen LogP contribution in [-0.2, 0) is 11.3 Å². The van der Waals surface area contributed by atoms with Gasteiger partial charge >= 0.3 is 0 Å². The maximum Gasteiger partial charge on any atom is 0.237 e. The number of hydrogen-bond acceptors (Lipinski definition) is 4. The van der Waals surface area contributed by atoms with Gasteiger partial charge in [-0.3, -0.25) is 4.79 Å². The standard InChI is InChI=1S/C21H30FN3O2/c22-17-11-14(5-6-20(17)25-9-7-16(26)8-10-25)13-23-21(27)19-12-15-3-1-2-4-18(15)24-19/h5-6,11,15-16,18-19,24,26H,1-4,7-10,12-13H2,(H,23,27)/t15-,18-,19-/m0/s1. The predicted octanol–water partition coefficient (Wildman–Crippen LogP) is 2.32. The van der Waals surface area contributed by atoms with Gasteiger partial charge in [-0.05, 0) is 55.7 Å². The van der Waals surface area contributed by atoms with Gasteiger partial charge in [0.1, 0.15) is 5.82 Å². The number of amides is 1. The Hall–Kier alpha value is -1.66. The topological polar surface area (TPSA) is 64.6 Å². The third-order valence-corrected chi connectivity index (χ3v) is 6.46. The van der Waals surface area contributed by atoms with E-state index in [9.17, 15) is 14.3 Å². The zero-order chi connectivity index (χ0) is 18.8. The molecular weight excluding hydrogens is 345 g/mol. The van der Waals surface area contributed by atoms with Crippen molar-refractivity contribution < 1.29 is 14.3 Å². The highest BCUT2D eigenvalue weighted by Crippen LogP contribution is 2.33. The molecule has 5 nitrogen and oxygen atoms in total. The van der Waals surface area contributed by atoms with E-state index in [2.05, 4.69) is 10.6 Å². The third-order valence-electron chi connectivity index (χ3n) is 6.46. The molecule has 2 heterocycles. The lowest BCUT2D eigenvalue weighted by Gasteiger charge is -2.31. The predicted molar refractivity (Wildman–Crippen MR) is 103 cm³/mol. The van der Waals surface area contributed by atoms with Crippen molar-refractivity contribution in [3.8, 4) is 0 Å². The van der Waals surface area contributed by atoms with E-state index in [0.29, 0.717) is 50.1 Å². The Kier molecular flexibility index (Phi) is 5.64. The van der Waals surface area contributed by atoms with Gasteiger partial charge in [0.25, 0.3) is 0 Å². The Bertz CT molecular complexity index is 661. The second-order valence-electron chi connectivity index (χ2n) is 8.33. The summed E-state index contributed by atoms with van der Waals surface area (Å²) in [4.78, 5) is 14.5. The van der Waals surface area contributed by atoms with Crippen molar-refractivity contribution >= 4 is 11.6 Å². The Morgan fingerprint density at radius 2 is 2.00 bits per heavy atom. The second kappa shape index (κ2) is 8.15. The van der Waals surface area contributed by atoms with Gasteiger partial charge in [0.15, 0.2) is 0 Å². The molecule has 3 atom stereocenters. The van der Waals surface area contributed by atoms with Gasteiger partial charge in [0.2, 0.25) is 5.91 Å². The summed E-state index contributed by atoms with van der Waals surface area (Å²) in [7, 11) is 0. The van der Waals surface area contributed by atoms with E-state index in [1.54, 1.807) is 6.07 Å². The van der Waals surface area contributed by atoms with Crippen molar-refractivity contribution in [1.82, 2.24) is 10.6 Å². The Morgan fingerprint density at radius 1 is 1.22 bits per heavy atom. The van der Waals surface area contributed by atoms with E-state index in [1.807, 2.05) is 11.0 Å². The largest absolute Gasteiger partial charge is 0.393 e. The normalized spacial score (nSPS) is 28.8. The molecule has 1 aromatic rings. The third kappa shape index (κ3) is 4.27. The molecule has 1 amide bonds. The zero-order valence-corrected chi connectivity index (χ0v) is 15.8. The summed E-state index contributed by atoms with van der Waals surface area (Å²) in [5.41, 5.74) is 1.36. The van der Waals surface area contributed by atoms with Gasteiger partial charge in [0, 0.05) is 25.7 Å². The fraction of sp³-hybridized carbons (Fsp3) is 0.667. The van der Waals surface area contributed by atoms with Crippen LogP contribution in [0.15, 0.2) is 18.2 Å². The number of nitrogens with zero attached hydrogens (tertiary/aromatic N) is 1. The van der Waals surface area contributed by atoms with Gasteiger partial charge in [-0.15, -0.1) is 0 Å². The lowest BCUT2D eigenvalue weighted by molar-refractivity contribution is -0.123. The van der Waals surface area contributed by atoms with E-state index in [1.165, 1.54) is 31.7 Å². The number of carbonyl (C=O) groups is 1. The number of aliphatic hydroxyl groups is 1. The van der Waals surface area contributed by atoms with Crippen molar-refractivity contribution in [2.24, 2.45) is 5.92 Å². The fourth-order valence-corrected chi connectivity index (χ4v) is 4.86. The van der Waals surface area contributed by atoms with E-state index >= 15 is 0 Å². The molecule has 2 aliphatic heterocycles. The number of fused-ring (bicyclic) bond motifs is 1. The van der Waals surface area contributed by atoms with Crippen LogP contribution in [0, 0.1) is 11.7 Å². The van der Waals surface area contributed by atoms with Crippen LogP contribution in [0.2, 0.25) is 0 Å². The Balaban J connectivity index is 1.31. The molecule has 6 heteroatoms. The number of carbonyl (C=O) groups excluding carboxylic acids is 1. The first-order valence-corrected chi connectivity index (χ1v) is 10.4. The van der Waals surface area contributed by atoms with Crippen LogP contribution >= 0.6 is 0 Å². The molecule has 1 saturated carbocycles. The molecule has 3 fully saturated rings. The van der Waals surface area contributed by atoms with Crippen LogP contribution in [0.25, 0.3) is 0 Å². The Labute approximate surface area is 160 Å². The van der Waals surface area contributed by atoms with E-state index in [-0.39, 0.29) is 23.9 Å². The lowest BCUT2D eigenvalue weighted by atomic mass is 9.85. The highest BCUT2D eigenvalue weighted by Gasteiger charge is 2.38. The molecule has 0 bridgehead atoms. The number of anilines is 1. The highest BCUT2D eigenvalue weighted by molar-refractivity contribution is 5.82. The van der Waals surface area contributed by atoms with Crippen LogP contribution in [0.1, 0.15) is 50.5 Å². The molecule has 148 valence electrons. The molecule has 3 N–H and O–H groups in total. The molecular formula is C21H30FN3O2. The monoisotopic (exact) mass is 375 g/mol. The molecule has 4 rings (SSSR count). The van der Waals surface area contributed by atoms with E-state index in [4.69, 9.17) is 0 Å². The maximum absolute atomic E-state index is 14.5. The summed E-state index contributed by atoms with van der Waals surface area (Å²) in [5.74, 6) is 0.399. The zero-order valence-electron chi connectivity index (χ0n) is 15.8. The minimum atomic E-state index is -0.271. The van der Waals surface area contributed by atoms with Gasteiger partial charge in [-0.2, -0.15) is 0 Å². The number of piperidine rings is 1. The minimum Gasteiger partial charge on any atom is -0.393 e. The highest BCUT2D eigenvalue weighted by atomic mass is 19.1. The number of halogens is 1. The Morgan fingerprint density at radius 3 is 2.74 bits per heavy atom.